The van der Waals surface area contributed by atoms with Crippen molar-refractivity contribution in [2.75, 3.05) is 11.9 Å². The molecule has 1 atom stereocenters. The van der Waals surface area contributed by atoms with E-state index in [9.17, 15) is 9.59 Å². The van der Waals surface area contributed by atoms with Gasteiger partial charge < -0.3 is 5.32 Å². The van der Waals surface area contributed by atoms with E-state index in [0.29, 0.717) is 19.4 Å². The number of piperidine rings is 1. The minimum Gasteiger partial charge on any atom is -0.355 e. The van der Waals surface area contributed by atoms with Crippen molar-refractivity contribution in [1.82, 2.24) is 20.5 Å². The van der Waals surface area contributed by atoms with Crippen LogP contribution in [-0.4, -0.2) is 33.5 Å². The Hall–Kier alpha value is -2.05. The van der Waals surface area contributed by atoms with Crippen molar-refractivity contribution < 1.29 is 9.59 Å². The largest absolute Gasteiger partial charge is 0.355 e. The number of nitrogens with zero attached hydrogens (tertiary/aromatic N) is 3. The van der Waals surface area contributed by atoms with Gasteiger partial charge in [-0.2, -0.15) is 0 Å². The zero-order valence-electron chi connectivity index (χ0n) is 11.8. The fraction of sp³-hybridized carbons (Fsp3) is 0.615. The van der Waals surface area contributed by atoms with Gasteiger partial charge in [0.05, 0.1) is 17.3 Å². The molecule has 2 heterocycles. The maximum atomic E-state index is 12.1. The molecule has 1 aliphatic heterocycles. The molecule has 0 radical (unpaired) electrons. The van der Waals surface area contributed by atoms with Crippen molar-refractivity contribution in [3.8, 4) is 0 Å². The van der Waals surface area contributed by atoms with Crippen molar-refractivity contribution in [1.29, 1.82) is 0 Å². The number of hydrogen-bond acceptors (Lipinski definition) is 5. The summed E-state index contributed by atoms with van der Waals surface area (Å²) in [6.07, 6.45) is 2.46. The first kappa shape index (κ1) is 14.4. The molecule has 108 valence electrons. The Morgan fingerprint density at radius 2 is 2.05 bits per heavy atom. The van der Waals surface area contributed by atoms with E-state index in [4.69, 9.17) is 0 Å². The lowest BCUT2D eigenvalue weighted by atomic mass is 9.98. The van der Waals surface area contributed by atoms with E-state index in [-0.39, 0.29) is 23.7 Å². The molecule has 1 saturated heterocycles. The second-order valence-electron chi connectivity index (χ2n) is 4.76. The van der Waals surface area contributed by atoms with Crippen LogP contribution in [0.4, 0.5) is 5.95 Å². The van der Waals surface area contributed by atoms with Crippen LogP contribution in [0.25, 0.3) is 0 Å². The van der Waals surface area contributed by atoms with Crippen molar-refractivity contribution in [2.45, 2.75) is 39.5 Å². The minimum absolute atomic E-state index is 0.00691. The molecule has 2 rings (SSSR count). The number of nitrogens with one attached hydrogen (secondary N) is 2. The number of amides is 2. The van der Waals surface area contributed by atoms with Crippen LogP contribution in [0.2, 0.25) is 0 Å². The number of aromatic nitrogens is 3. The Morgan fingerprint density at radius 3 is 2.65 bits per heavy atom. The van der Waals surface area contributed by atoms with Gasteiger partial charge in [-0.25, -0.2) is 4.98 Å². The molecule has 1 aromatic heterocycles. The van der Waals surface area contributed by atoms with E-state index >= 15 is 0 Å². The first-order valence-corrected chi connectivity index (χ1v) is 6.94. The highest BCUT2D eigenvalue weighted by atomic mass is 16.2. The summed E-state index contributed by atoms with van der Waals surface area (Å²) in [5.74, 6) is -0.168. The molecular formula is C13H19N5O2. The van der Waals surface area contributed by atoms with Crippen LogP contribution in [-0.2, 0) is 22.4 Å². The molecule has 0 spiro atoms. The molecule has 7 nitrogen and oxygen atoms in total. The molecule has 0 aliphatic carbocycles. The second-order valence-corrected chi connectivity index (χ2v) is 4.76. The van der Waals surface area contributed by atoms with Gasteiger partial charge in [0.15, 0.2) is 0 Å². The predicted molar refractivity (Wildman–Crippen MR) is 72.9 cm³/mol. The van der Waals surface area contributed by atoms with Crippen molar-refractivity contribution in [3.63, 3.8) is 0 Å². The quantitative estimate of drug-likeness (QED) is 0.833. The number of aryl methyl sites for hydroxylation is 2. The van der Waals surface area contributed by atoms with E-state index in [1.165, 1.54) is 0 Å². The topological polar surface area (TPSA) is 96.9 Å². The lowest BCUT2D eigenvalue weighted by Gasteiger charge is -2.21. The van der Waals surface area contributed by atoms with E-state index in [2.05, 4.69) is 25.8 Å². The molecule has 2 amide bonds. The zero-order chi connectivity index (χ0) is 14.5. The lowest BCUT2D eigenvalue weighted by Crippen LogP contribution is -2.40. The van der Waals surface area contributed by atoms with E-state index in [1.807, 2.05) is 13.8 Å². The highest BCUT2D eigenvalue weighted by molar-refractivity contribution is 5.92. The first-order valence-electron chi connectivity index (χ1n) is 6.94. The van der Waals surface area contributed by atoms with Crippen molar-refractivity contribution >= 4 is 17.8 Å². The molecule has 20 heavy (non-hydrogen) atoms. The van der Waals surface area contributed by atoms with Gasteiger partial charge in [-0.1, -0.05) is 13.8 Å². The molecular weight excluding hydrogens is 258 g/mol. The van der Waals surface area contributed by atoms with Gasteiger partial charge in [0.2, 0.25) is 17.8 Å². The number of anilines is 1. The predicted octanol–water partition coefficient (Wildman–Crippen LogP) is 0.461. The Balaban J connectivity index is 2.02. The molecule has 1 aliphatic rings. The summed E-state index contributed by atoms with van der Waals surface area (Å²) >= 11 is 0. The minimum atomic E-state index is -0.229. The van der Waals surface area contributed by atoms with Gasteiger partial charge >= 0.3 is 0 Å². The van der Waals surface area contributed by atoms with Gasteiger partial charge in [-0.05, 0) is 19.3 Å². The van der Waals surface area contributed by atoms with E-state index in [0.717, 1.165) is 24.2 Å². The second kappa shape index (κ2) is 6.40. The first-order chi connectivity index (χ1) is 9.63. The summed E-state index contributed by atoms with van der Waals surface area (Å²) in [4.78, 5) is 27.4. The Kier molecular flexibility index (Phi) is 4.60. The van der Waals surface area contributed by atoms with Crippen LogP contribution >= 0.6 is 0 Å². The molecule has 1 unspecified atom stereocenters. The summed E-state index contributed by atoms with van der Waals surface area (Å²) in [5, 5.41) is 13.4. The molecule has 1 aromatic rings. The molecule has 1 fully saturated rings. The Morgan fingerprint density at radius 1 is 1.30 bits per heavy atom. The van der Waals surface area contributed by atoms with Gasteiger partial charge in [0.1, 0.15) is 0 Å². The Bertz CT molecular complexity index is 507. The molecule has 2 N–H and O–H groups in total. The summed E-state index contributed by atoms with van der Waals surface area (Å²) in [5.41, 5.74) is 1.71. The molecule has 0 bridgehead atoms. The van der Waals surface area contributed by atoms with Gasteiger partial charge in [-0.15, -0.1) is 10.2 Å². The Labute approximate surface area is 117 Å². The van der Waals surface area contributed by atoms with Crippen LogP contribution in [0.3, 0.4) is 0 Å². The van der Waals surface area contributed by atoms with Gasteiger partial charge in [-0.3, -0.25) is 14.9 Å². The number of rotatable bonds is 4. The summed E-state index contributed by atoms with van der Waals surface area (Å²) < 4.78 is 0. The maximum absolute atomic E-state index is 12.1. The van der Waals surface area contributed by atoms with E-state index < -0.39 is 0 Å². The highest BCUT2D eigenvalue weighted by Gasteiger charge is 2.25. The third-order valence-electron chi connectivity index (χ3n) is 3.38. The number of carbonyl (C=O) groups excluding carboxylic acids is 2. The van der Waals surface area contributed by atoms with Crippen molar-refractivity contribution in [2.24, 2.45) is 5.92 Å². The smallest absolute Gasteiger partial charge is 0.249 e. The average molecular weight is 277 g/mol. The standard InChI is InChI=1S/C13H19N5O2/c1-3-9-10(4-2)17-18-13(15-9)16-12(20)8-5-6-11(19)14-7-8/h8H,3-7H2,1-2H3,(H,14,19)(H,15,16,18,20). The average Bonchev–Trinajstić information content (AvgIpc) is 2.47. The van der Waals surface area contributed by atoms with Crippen LogP contribution in [0.15, 0.2) is 0 Å². The third-order valence-corrected chi connectivity index (χ3v) is 3.38. The number of hydrogen-bond donors (Lipinski definition) is 2. The zero-order valence-corrected chi connectivity index (χ0v) is 11.8. The van der Waals surface area contributed by atoms with Gasteiger partial charge in [0.25, 0.3) is 0 Å². The maximum Gasteiger partial charge on any atom is 0.249 e. The SMILES string of the molecule is CCc1nnc(NC(=O)C2CCC(=O)NC2)nc1CC. The highest BCUT2D eigenvalue weighted by Crippen LogP contribution is 2.13. The van der Waals surface area contributed by atoms with E-state index in [1.54, 1.807) is 0 Å². The summed E-state index contributed by atoms with van der Waals surface area (Å²) in [7, 11) is 0. The van der Waals surface area contributed by atoms with Crippen LogP contribution in [0.5, 0.6) is 0 Å². The lowest BCUT2D eigenvalue weighted by molar-refractivity contribution is -0.126. The van der Waals surface area contributed by atoms with Crippen LogP contribution in [0, 0.1) is 5.92 Å². The molecule has 7 heteroatoms. The molecule has 0 saturated carbocycles. The fourth-order valence-electron chi connectivity index (χ4n) is 2.16. The normalized spacial score (nSPS) is 18.5. The van der Waals surface area contributed by atoms with Crippen LogP contribution in [0.1, 0.15) is 38.1 Å². The van der Waals surface area contributed by atoms with Crippen molar-refractivity contribution in [3.05, 3.63) is 11.4 Å². The number of carbonyl (C=O) groups is 2. The molecule has 0 aromatic carbocycles. The summed E-state index contributed by atoms with van der Waals surface area (Å²) in [6, 6.07) is 0. The summed E-state index contributed by atoms with van der Waals surface area (Å²) in [6.45, 7) is 4.35. The monoisotopic (exact) mass is 277 g/mol. The third kappa shape index (κ3) is 3.28. The van der Waals surface area contributed by atoms with Crippen LogP contribution < -0.4 is 10.6 Å². The van der Waals surface area contributed by atoms with Gasteiger partial charge in [0, 0.05) is 13.0 Å². The fourth-order valence-corrected chi connectivity index (χ4v) is 2.16.